The van der Waals surface area contributed by atoms with Crippen LogP contribution in [0.1, 0.15) is 32.7 Å². The summed E-state index contributed by atoms with van der Waals surface area (Å²) in [5.74, 6) is 0.105. The number of anilines is 1. The highest BCUT2D eigenvalue weighted by molar-refractivity contribution is 7.21. The van der Waals surface area contributed by atoms with E-state index in [-0.39, 0.29) is 12.5 Å². The lowest BCUT2D eigenvalue weighted by atomic mass is 10.1. The summed E-state index contributed by atoms with van der Waals surface area (Å²) in [5, 5.41) is 7.34. The van der Waals surface area contributed by atoms with E-state index in [2.05, 4.69) is 15.6 Å². The summed E-state index contributed by atoms with van der Waals surface area (Å²) in [4.78, 5) is 29.7. The Bertz CT molecular complexity index is 1140. The number of hydrogen-bond donors (Lipinski definition) is 3. The molecule has 0 aliphatic carbocycles. The third-order valence-electron chi connectivity index (χ3n) is 4.65. The van der Waals surface area contributed by atoms with Gasteiger partial charge in [-0.1, -0.05) is 6.07 Å². The van der Waals surface area contributed by atoms with Crippen LogP contribution >= 0.6 is 11.3 Å². The van der Waals surface area contributed by atoms with Crippen LogP contribution in [0.2, 0.25) is 0 Å². The zero-order valence-electron chi connectivity index (χ0n) is 16.2. The van der Waals surface area contributed by atoms with Crippen molar-refractivity contribution >= 4 is 39.1 Å². The Morgan fingerprint density at radius 1 is 1.24 bits per heavy atom. The van der Waals surface area contributed by atoms with Crippen LogP contribution in [0.3, 0.4) is 0 Å². The van der Waals surface area contributed by atoms with Gasteiger partial charge in [0.25, 0.3) is 11.8 Å². The number of pyridine rings is 1. The Kier molecular flexibility index (Phi) is 4.75. The molecule has 29 heavy (non-hydrogen) atoms. The molecule has 150 valence electrons. The average molecular weight is 412 g/mol. The maximum atomic E-state index is 12.8. The lowest BCUT2D eigenvalue weighted by molar-refractivity contribution is -0.119. The maximum absolute atomic E-state index is 12.8. The second-order valence-electron chi connectivity index (χ2n) is 6.78. The van der Waals surface area contributed by atoms with Gasteiger partial charge in [0.2, 0.25) is 0 Å². The summed E-state index contributed by atoms with van der Waals surface area (Å²) in [6.45, 7) is 3.71. The fourth-order valence-corrected chi connectivity index (χ4v) is 4.58. The first-order chi connectivity index (χ1) is 13.9. The molecule has 0 fully saturated rings. The third-order valence-corrected chi connectivity index (χ3v) is 5.73. The van der Waals surface area contributed by atoms with Gasteiger partial charge in [-0.25, -0.2) is 4.98 Å². The lowest BCUT2D eigenvalue weighted by Gasteiger charge is -2.27. The molecular weight excluding hydrogens is 392 g/mol. The van der Waals surface area contributed by atoms with Crippen molar-refractivity contribution in [2.24, 2.45) is 5.73 Å². The van der Waals surface area contributed by atoms with E-state index in [1.54, 1.807) is 18.2 Å². The number of aryl methyl sites for hydroxylation is 2. The molecule has 3 aromatic rings. The van der Waals surface area contributed by atoms with Gasteiger partial charge in [0.15, 0.2) is 18.1 Å². The van der Waals surface area contributed by atoms with Crippen molar-refractivity contribution in [3.63, 3.8) is 0 Å². The van der Waals surface area contributed by atoms with Gasteiger partial charge in [-0.2, -0.15) is 0 Å². The van der Waals surface area contributed by atoms with E-state index in [0.29, 0.717) is 16.4 Å². The number of thiophene rings is 1. The van der Waals surface area contributed by atoms with Crippen molar-refractivity contribution in [1.29, 1.82) is 0 Å². The Labute approximate surface area is 171 Å². The highest BCUT2D eigenvalue weighted by Gasteiger charge is 2.30. The quantitative estimate of drug-likeness (QED) is 0.593. The van der Waals surface area contributed by atoms with Crippen LogP contribution in [0.15, 0.2) is 24.3 Å². The third kappa shape index (κ3) is 3.44. The molecule has 4 rings (SSSR count). The van der Waals surface area contributed by atoms with Gasteiger partial charge in [-0.15, -0.1) is 11.3 Å². The number of ether oxygens (including phenoxy) is 2. The van der Waals surface area contributed by atoms with Crippen LogP contribution in [0.4, 0.5) is 5.69 Å². The molecule has 0 bridgehead atoms. The molecule has 4 N–H and O–H groups in total. The van der Waals surface area contributed by atoms with Gasteiger partial charge < -0.3 is 25.8 Å². The molecule has 1 aromatic carbocycles. The molecule has 2 amide bonds. The lowest BCUT2D eigenvalue weighted by Crippen LogP contribution is -2.37. The summed E-state index contributed by atoms with van der Waals surface area (Å²) in [5.41, 5.74) is 8.69. The van der Waals surface area contributed by atoms with E-state index in [1.165, 1.54) is 18.4 Å². The Hall–Kier alpha value is -3.33. The van der Waals surface area contributed by atoms with Gasteiger partial charge in [-0.3, -0.25) is 9.59 Å². The topological polar surface area (TPSA) is 116 Å². The fourth-order valence-electron chi connectivity index (χ4n) is 3.41. The molecular formula is C20H20N4O4S. The van der Waals surface area contributed by atoms with Crippen LogP contribution in [-0.2, 0) is 4.79 Å². The summed E-state index contributed by atoms with van der Waals surface area (Å²) in [7, 11) is 1.50. The molecule has 8 nitrogen and oxygen atoms in total. The molecule has 0 saturated heterocycles. The number of amides is 2. The van der Waals surface area contributed by atoms with Crippen molar-refractivity contribution in [3.8, 4) is 11.5 Å². The van der Waals surface area contributed by atoms with E-state index in [4.69, 9.17) is 15.2 Å². The molecule has 0 unspecified atom stereocenters. The number of rotatable bonds is 5. The predicted octanol–water partition coefficient (Wildman–Crippen LogP) is 2.64. The van der Waals surface area contributed by atoms with Crippen molar-refractivity contribution in [2.75, 3.05) is 19.0 Å². The Morgan fingerprint density at radius 2 is 2.03 bits per heavy atom. The van der Waals surface area contributed by atoms with Gasteiger partial charge in [0.1, 0.15) is 15.9 Å². The average Bonchev–Trinajstić information content (AvgIpc) is 3.05. The minimum Gasteiger partial charge on any atom is -0.493 e. The molecule has 1 atom stereocenters. The minimum absolute atomic E-state index is 0.156. The summed E-state index contributed by atoms with van der Waals surface area (Å²) >= 11 is 1.38. The Morgan fingerprint density at radius 3 is 2.76 bits per heavy atom. The van der Waals surface area contributed by atoms with Gasteiger partial charge in [-0.05, 0) is 43.2 Å². The number of methoxy groups -OCH3 is 1. The molecule has 9 heteroatoms. The number of carbonyl (C=O) groups excluding carboxylic acids is 2. The number of hydrogen-bond acceptors (Lipinski definition) is 7. The van der Waals surface area contributed by atoms with Crippen molar-refractivity contribution in [2.45, 2.75) is 20.0 Å². The molecule has 0 radical (unpaired) electrons. The van der Waals surface area contributed by atoms with E-state index < -0.39 is 12.1 Å². The number of nitrogens with two attached hydrogens (primary N) is 1. The monoisotopic (exact) mass is 412 g/mol. The Balaban J connectivity index is 1.70. The molecule has 2 aromatic heterocycles. The first kappa shape index (κ1) is 19.0. The van der Waals surface area contributed by atoms with Crippen LogP contribution in [0, 0.1) is 13.8 Å². The van der Waals surface area contributed by atoms with Crippen LogP contribution in [0.25, 0.3) is 10.2 Å². The fraction of sp³-hybridized carbons (Fsp3) is 0.250. The number of fused-ring (bicyclic) bond motifs is 3. The van der Waals surface area contributed by atoms with E-state index in [1.807, 2.05) is 19.9 Å². The summed E-state index contributed by atoms with van der Waals surface area (Å²) in [6, 6.07) is 7.24. The summed E-state index contributed by atoms with van der Waals surface area (Å²) in [6.07, 6.45) is -0.451. The first-order valence-corrected chi connectivity index (χ1v) is 9.76. The first-order valence-electron chi connectivity index (χ1n) is 8.94. The molecule has 1 aliphatic rings. The van der Waals surface area contributed by atoms with Crippen LogP contribution in [0.5, 0.6) is 11.5 Å². The SMILES string of the molecule is COc1cc([C@@H]2NC(=O)c3sc4nc(C)cc(C)c4c3N2)ccc1OCC(N)=O. The standard InChI is InChI=1S/C20H20N4O4S/c1-9-6-10(2)22-20-15(9)16-17(29-20)19(26)24-18(23-16)11-4-5-12(13(7-11)27-3)28-8-14(21)25/h4-7,18,23H,8H2,1-3H3,(H2,21,25)(H,24,26)/t18-/m0/s1. The zero-order valence-corrected chi connectivity index (χ0v) is 17.0. The predicted molar refractivity (Wildman–Crippen MR) is 111 cm³/mol. The number of primary amides is 1. The second-order valence-corrected chi connectivity index (χ2v) is 7.78. The van der Waals surface area contributed by atoms with Gasteiger partial charge in [0.05, 0.1) is 12.8 Å². The number of nitrogens with zero attached hydrogens (tertiary/aromatic N) is 1. The smallest absolute Gasteiger partial charge is 0.265 e. The second kappa shape index (κ2) is 7.25. The van der Waals surface area contributed by atoms with Gasteiger partial charge in [0, 0.05) is 11.1 Å². The minimum atomic E-state index is -0.576. The zero-order chi connectivity index (χ0) is 20.7. The number of nitrogens with one attached hydrogen (secondary N) is 2. The van der Waals surface area contributed by atoms with Crippen molar-refractivity contribution in [3.05, 3.63) is 46.0 Å². The van der Waals surface area contributed by atoms with E-state index in [0.717, 1.165) is 32.7 Å². The number of carbonyl (C=O) groups is 2. The number of benzene rings is 1. The molecule has 0 spiro atoms. The maximum Gasteiger partial charge on any atom is 0.265 e. The van der Waals surface area contributed by atoms with Crippen molar-refractivity contribution in [1.82, 2.24) is 10.3 Å². The van der Waals surface area contributed by atoms with E-state index in [9.17, 15) is 9.59 Å². The molecule has 1 aliphatic heterocycles. The largest absolute Gasteiger partial charge is 0.493 e. The van der Waals surface area contributed by atoms with Crippen molar-refractivity contribution < 1.29 is 19.1 Å². The molecule has 3 heterocycles. The normalized spacial score (nSPS) is 15.4. The van der Waals surface area contributed by atoms with Gasteiger partial charge >= 0.3 is 0 Å². The highest BCUT2D eigenvalue weighted by atomic mass is 32.1. The number of aromatic nitrogens is 1. The van der Waals surface area contributed by atoms with Crippen LogP contribution < -0.4 is 25.8 Å². The molecule has 0 saturated carbocycles. The van der Waals surface area contributed by atoms with E-state index >= 15 is 0 Å². The van der Waals surface area contributed by atoms with Crippen LogP contribution in [-0.4, -0.2) is 30.5 Å². The highest BCUT2D eigenvalue weighted by Crippen LogP contribution is 2.41. The summed E-state index contributed by atoms with van der Waals surface area (Å²) < 4.78 is 10.7.